The Kier molecular flexibility index (Phi) is 6.49. The minimum Gasteiger partial charge on any atom is -0.484 e. The second-order valence-electron chi connectivity index (χ2n) is 6.07. The van der Waals surface area contributed by atoms with Crippen LogP contribution < -0.4 is 10.1 Å². The summed E-state index contributed by atoms with van der Waals surface area (Å²) < 4.78 is 5.40. The van der Waals surface area contributed by atoms with Crippen molar-refractivity contribution in [1.29, 1.82) is 0 Å². The van der Waals surface area contributed by atoms with E-state index in [1.54, 1.807) is 25.1 Å². The first-order chi connectivity index (χ1) is 9.69. The van der Waals surface area contributed by atoms with Crippen molar-refractivity contribution < 1.29 is 14.6 Å². The lowest BCUT2D eigenvalue weighted by atomic mass is 9.94. The molecule has 1 rings (SSSR count). The third-order valence-corrected chi connectivity index (χ3v) is 3.44. The molecule has 0 aromatic heterocycles. The summed E-state index contributed by atoms with van der Waals surface area (Å²) >= 11 is 5.92. The standard InChI is InChI=1S/C16H24ClNO3/c1-11(2)8-16(4,20)10-18-15(19)9-21-13-5-6-14(17)12(3)7-13/h5-7,11,20H,8-10H2,1-4H3,(H,18,19). The molecule has 2 N–H and O–H groups in total. The van der Waals surface area contributed by atoms with Gasteiger partial charge < -0.3 is 15.2 Å². The summed E-state index contributed by atoms with van der Waals surface area (Å²) in [4.78, 5) is 11.7. The van der Waals surface area contributed by atoms with Gasteiger partial charge in [0.15, 0.2) is 6.61 Å². The SMILES string of the molecule is Cc1cc(OCC(=O)NCC(C)(O)CC(C)C)ccc1Cl. The maximum atomic E-state index is 11.7. The number of amides is 1. The lowest BCUT2D eigenvalue weighted by Crippen LogP contribution is -2.43. The fourth-order valence-corrected chi connectivity index (χ4v) is 2.27. The minimum absolute atomic E-state index is 0.0845. The van der Waals surface area contributed by atoms with Crippen LogP contribution >= 0.6 is 11.6 Å². The molecular weight excluding hydrogens is 290 g/mol. The molecule has 0 spiro atoms. The molecule has 0 radical (unpaired) electrons. The summed E-state index contributed by atoms with van der Waals surface area (Å²) in [6.45, 7) is 7.78. The molecule has 0 aliphatic rings. The number of carbonyl (C=O) groups is 1. The van der Waals surface area contributed by atoms with E-state index < -0.39 is 5.60 Å². The number of benzene rings is 1. The zero-order valence-corrected chi connectivity index (χ0v) is 13.8. The van der Waals surface area contributed by atoms with Crippen molar-refractivity contribution in [1.82, 2.24) is 5.32 Å². The first kappa shape index (κ1) is 17.8. The molecule has 118 valence electrons. The maximum absolute atomic E-state index is 11.7. The van der Waals surface area contributed by atoms with Gasteiger partial charge in [0, 0.05) is 11.6 Å². The summed E-state index contributed by atoms with van der Waals surface area (Å²) in [5.74, 6) is 0.706. The Balaban J connectivity index is 2.39. The number of ether oxygens (including phenoxy) is 1. The van der Waals surface area contributed by atoms with Gasteiger partial charge in [-0.1, -0.05) is 25.4 Å². The van der Waals surface area contributed by atoms with Crippen LogP contribution in [0, 0.1) is 12.8 Å². The van der Waals surface area contributed by atoms with Crippen molar-refractivity contribution in [2.75, 3.05) is 13.2 Å². The number of carbonyl (C=O) groups excluding carboxylic acids is 1. The fraction of sp³-hybridized carbons (Fsp3) is 0.562. The molecule has 5 heteroatoms. The molecule has 1 aromatic carbocycles. The summed E-state index contributed by atoms with van der Waals surface area (Å²) in [6.07, 6.45) is 0.629. The number of halogens is 1. The molecule has 21 heavy (non-hydrogen) atoms. The van der Waals surface area contributed by atoms with Gasteiger partial charge >= 0.3 is 0 Å². The lowest BCUT2D eigenvalue weighted by Gasteiger charge is -2.25. The van der Waals surface area contributed by atoms with E-state index in [1.807, 2.05) is 20.8 Å². The van der Waals surface area contributed by atoms with E-state index in [4.69, 9.17) is 16.3 Å². The van der Waals surface area contributed by atoms with Gasteiger partial charge in [0.2, 0.25) is 0 Å². The highest BCUT2D eigenvalue weighted by Crippen LogP contribution is 2.21. The van der Waals surface area contributed by atoms with Crippen LogP contribution in [0.5, 0.6) is 5.75 Å². The molecular formula is C16H24ClNO3. The van der Waals surface area contributed by atoms with Crippen molar-refractivity contribution in [2.24, 2.45) is 5.92 Å². The second-order valence-corrected chi connectivity index (χ2v) is 6.48. The smallest absolute Gasteiger partial charge is 0.258 e. The first-order valence-corrected chi connectivity index (χ1v) is 7.45. The molecule has 0 saturated carbocycles. The summed E-state index contributed by atoms with van der Waals surface area (Å²) in [5.41, 5.74) is -0.00447. The van der Waals surface area contributed by atoms with Gasteiger partial charge in [0.25, 0.3) is 5.91 Å². The molecule has 0 fully saturated rings. The quantitative estimate of drug-likeness (QED) is 0.813. The van der Waals surface area contributed by atoms with E-state index in [1.165, 1.54) is 0 Å². The van der Waals surface area contributed by atoms with Crippen LogP contribution in [0.25, 0.3) is 0 Å². The molecule has 4 nitrogen and oxygen atoms in total. The van der Waals surface area contributed by atoms with Crippen molar-refractivity contribution in [2.45, 2.75) is 39.7 Å². The number of nitrogens with one attached hydrogen (secondary N) is 1. The maximum Gasteiger partial charge on any atom is 0.258 e. The van der Waals surface area contributed by atoms with Crippen LogP contribution in [0.3, 0.4) is 0 Å². The summed E-state index contributed by atoms with van der Waals surface area (Å²) in [5, 5.41) is 13.5. The molecule has 1 amide bonds. The number of hydrogen-bond donors (Lipinski definition) is 2. The Morgan fingerprint density at radius 2 is 2.14 bits per heavy atom. The second kappa shape index (κ2) is 7.66. The van der Waals surface area contributed by atoms with E-state index in [0.29, 0.717) is 23.1 Å². The van der Waals surface area contributed by atoms with Crippen LogP contribution in [0.1, 0.15) is 32.8 Å². The van der Waals surface area contributed by atoms with Gasteiger partial charge in [0.05, 0.1) is 5.60 Å². The van der Waals surface area contributed by atoms with Gasteiger partial charge in [-0.25, -0.2) is 0 Å². The van der Waals surface area contributed by atoms with Crippen molar-refractivity contribution in [3.63, 3.8) is 0 Å². The van der Waals surface area contributed by atoms with E-state index in [-0.39, 0.29) is 19.1 Å². The van der Waals surface area contributed by atoms with Gasteiger partial charge in [-0.05, 0) is 49.9 Å². The highest BCUT2D eigenvalue weighted by atomic mass is 35.5. The summed E-state index contributed by atoms with van der Waals surface area (Å²) in [6, 6.07) is 5.24. The molecule has 1 atom stereocenters. The van der Waals surface area contributed by atoms with Gasteiger partial charge in [-0.3, -0.25) is 4.79 Å². The van der Waals surface area contributed by atoms with Crippen LogP contribution in [-0.4, -0.2) is 29.8 Å². The normalized spacial score (nSPS) is 13.9. The largest absolute Gasteiger partial charge is 0.484 e. The average Bonchev–Trinajstić information content (AvgIpc) is 2.36. The van der Waals surface area contributed by atoms with Gasteiger partial charge in [-0.2, -0.15) is 0 Å². The van der Waals surface area contributed by atoms with Crippen LogP contribution in [0.15, 0.2) is 18.2 Å². The van der Waals surface area contributed by atoms with E-state index in [0.717, 1.165) is 5.56 Å². The van der Waals surface area contributed by atoms with E-state index >= 15 is 0 Å². The Hall–Kier alpha value is -1.26. The van der Waals surface area contributed by atoms with Crippen molar-refractivity contribution in [3.8, 4) is 5.75 Å². The molecule has 0 bridgehead atoms. The zero-order chi connectivity index (χ0) is 16.0. The lowest BCUT2D eigenvalue weighted by molar-refractivity contribution is -0.124. The van der Waals surface area contributed by atoms with Gasteiger partial charge in [-0.15, -0.1) is 0 Å². The monoisotopic (exact) mass is 313 g/mol. The van der Waals surface area contributed by atoms with Crippen molar-refractivity contribution >= 4 is 17.5 Å². The third kappa shape index (κ3) is 6.82. The number of aliphatic hydroxyl groups is 1. The minimum atomic E-state index is -0.902. The number of aryl methyl sites for hydroxylation is 1. The highest BCUT2D eigenvalue weighted by molar-refractivity contribution is 6.31. The average molecular weight is 314 g/mol. The van der Waals surface area contributed by atoms with Crippen LogP contribution in [-0.2, 0) is 4.79 Å². The van der Waals surface area contributed by atoms with Crippen molar-refractivity contribution in [3.05, 3.63) is 28.8 Å². The Morgan fingerprint density at radius 3 is 2.71 bits per heavy atom. The first-order valence-electron chi connectivity index (χ1n) is 7.07. The van der Waals surface area contributed by atoms with E-state index in [2.05, 4.69) is 5.32 Å². The number of rotatable bonds is 7. The Labute approximate surface area is 131 Å². The molecule has 1 unspecified atom stereocenters. The Bertz CT molecular complexity index is 486. The van der Waals surface area contributed by atoms with Gasteiger partial charge in [0.1, 0.15) is 5.75 Å². The highest BCUT2D eigenvalue weighted by Gasteiger charge is 2.22. The molecule has 1 aromatic rings. The van der Waals surface area contributed by atoms with Crippen LogP contribution in [0.2, 0.25) is 5.02 Å². The molecule has 0 aliphatic carbocycles. The zero-order valence-electron chi connectivity index (χ0n) is 13.1. The number of hydrogen-bond acceptors (Lipinski definition) is 3. The molecule has 0 aliphatic heterocycles. The van der Waals surface area contributed by atoms with E-state index in [9.17, 15) is 9.90 Å². The molecule has 0 saturated heterocycles. The topological polar surface area (TPSA) is 58.6 Å². The predicted molar refractivity (Wildman–Crippen MR) is 84.8 cm³/mol. The third-order valence-electron chi connectivity index (χ3n) is 3.01. The predicted octanol–water partition coefficient (Wildman–Crippen LogP) is 2.94. The fourth-order valence-electron chi connectivity index (χ4n) is 2.15. The Morgan fingerprint density at radius 1 is 1.48 bits per heavy atom. The summed E-state index contributed by atoms with van der Waals surface area (Å²) in [7, 11) is 0. The molecule has 0 heterocycles. The van der Waals surface area contributed by atoms with Crippen LogP contribution in [0.4, 0.5) is 0 Å².